The lowest BCUT2D eigenvalue weighted by molar-refractivity contribution is -0.150. The maximum absolute atomic E-state index is 11.7. The lowest BCUT2D eigenvalue weighted by Crippen LogP contribution is -2.34. The van der Waals surface area contributed by atoms with Gasteiger partial charge in [0.25, 0.3) is 0 Å². The summed E-state index contributed by atoms with van der Waals surface area (Å²) in [6, 6.07) is 0. The molecular weight excluding hydrogens is 236 g/mol. The fourth-order valence-corrected chi connectivity index (χ4v) is 0.753. The summed E-state index contributed by atoms with van der Waals surface area (Å²) in [6.45, 7) is 10.1. The van der Waals surface area contributed by atoms with E-state index in [-0.39, 0.29) is 5.92 Å². The lowest BCUT2D eigenvalue weighted by atomic mass is 10.1. The quantitative estimate of drug-likeness (QED) is 0.584. The van der Waals surface area contributed by atoms with Gasteiger partial charge < -0.3 is 9.84 Å². The van der Waals surface area contributed by atoms with Crippen molar-refractivity contribution >= 4 is 11.9 Å². The first-order valence-corrected chi connectivity index (χ1v) is 5.83. The summed E-state index contributed by atoms with van der Waals surface area (Å²) in [6.07, 6.45) is 0. The molecule has 0 aromatic rings. The Morgan fingerprint density at radius 3 is 1.94 bits per heavy atom. The third-order valence-electron chi connectivity index (χ3n) is 2.12. The van der Waals surface area contributed by atoms with Gasteiger partial charge in [-0.25, -0.2) is 9.59 Å². The Hall–Kier alpha value is -1.46. The summed E-state index contributed by atoms with van der Waals surface area (Å²) in [5.41, 5.74) is -2.53. The zero-order chi connectivity index (χ0) is 14.6. The number of carboxylic acid groups (broad SMARTS) is 1. The maximum Gasteiger partial charge on any atom is 0.335 e. The van der Waals surface area contributed by atoms with Gasteiger partial charge >= 0.3 is 11.9 Å². The fourth-order valence-electron chi connectivity index (χ4n) is 0.753. The largest absolute Gasteiger partial charge is 0.479 e. The summed E-state index contributed by atoms with van der Waals surface area (Å²) in [5, 5.41) is 16.4. The second-order valence-corrected chi connectivity index (χ2v) is 5.62. The molecule has 18 heavy (non-hydrogen) atoms. The SMILES string of the molecule is CC(C)COC(=O)C(C)(C)N=NC(C)(C)C(=O)O. The molecule has 6 nitrogen and oxygen atoms in total. The highest BCUT2D eigenvalue weighted by Gasteiger charge is 2.33. The van der Waals surface area contributed by atoms with E-state index in [1.54, 1.807) is 0 Å². The summed E-state index contributed by atoms with van der Waals surface area (Å²) in [7, 11) is 0. The van der Waals surface area contributed by atoms with E-state index in [0.29, 0.717) is 6.61 Å². The van der Waals surface area contributed by atoms with Crippen molar-refractivity contribution in [3.8, 4) is 0 Å². The first kappa shape index (κ1) is 16.5. The van der Waals surface area contributed by atoms with Crippen LogP contribution in [0.1, 0.15) is 41.5 Å². The number of carbonyl (C=O) groups excluding carboxylic acids is 1. The van der Waals surface area contributed by atoms with Crippen LogP contribution in [0.5, 0.6) is 0 Å². The smallest absolute Gasteiger partial charge is 0.335 e. The normalized spacial score (nSPS) is 13.1. The Balaban J connectivity index is 4.69. The van der Waals surface area contributed by atoms with E-state index in [2.05, 4.69) is 10.2 Å². The molecule has 0 amide bonds. The minimum Gasteiger partial charge on any atom is -0.479 e. The van der Waals surface area contributed by atoms with Gasteiger partial charge in [0, 0.05) is 0 Å². The van der Waals surface area contributed by atoms with Gasteiger partial charge in [0.2, 0.25) is 0 Å². The Morgan fingerprint density at radius 1 is 1.11 bits per heavy atom. The Kier molecular flexibility index (Phi) is 5.45. The number of esters is 1. The van der Waals surface area contributed by atoms with Crippen LogP contribution >= 0.6 is 0 Å². The third-order valence-corrected chi connectivity index (χ3v) is 2.12. The summed E-state index contributed by atoms with van der Waals surface area (Å²) >= 11 is 0. The van der Waals surface area contributed by atoms with Gasteiger partial charge in [0.15, 0.2) is 11.1 Å². The lowest BCUT2D eigenvalue weighted by Gasteiger charge is -2.20. The van der Waals surface area contributed by atoms with Crippen molar-refractivity contribution in [2.75, 3.05) is 6.61 Å². The van der Waals surface area contributed by atoms with Gasteiger partial charge in [0.1, 0.15) is 0 Å². The molecule has 0 saturated heterocycles. The standard InChI is InChI=1S/C12H22N2O4/c1-8(2)7-18-10(17)12(5,6)14-13-11(3,4)9(15)16/h8H,7H2,1-6H3,(H,15,16). The van der Waals surface area contributed by atoms with E-state index in [9.17, 15) is 9.59 Å². The molecule has 1 N–H and O–H groups in total. The molecule has 0 aliphatic heterocycles. The molecule has 0 aromatic carbocycles. The van der Waals surface area contributed by atoms with E-state index in [1.807, 2.05) is 13.8 Å². The number of ether oxygens (including phenoxy) is 1. The number of azo groups is 1. The van der Waals surface area contributed by atoms with Crippen LogP contribution < -0.4 is 0 Å². The number of hydrogen-bond acceptors (Lipinski definition) is 5. The molecule has 0 saturated carbocycles. The molecule has 6 heteroatoms. The van der Waals surface area contributed by atoms with Crippen molar-refractivity contribution in [3.05, 3.63) is 0 Å². The second-order valence-electron chi connectivity index (χ2n) is 5.62. The third kappa shape index (κ3) is 5.25. The number of nitrogens with zero attached hydrogens (tertiary/aromatic N) is 2. The van der Waals surface area contributed by atoms with Crippen LogP contribution in [0.4, 0.5) is 0 Å². The van der Waals surface area contributed by atoms with Crippen LogP contribution in [0.3, 0.4) is 0 Å². The zero-order valence-corrected chi connectivity index (χ0v) is 11.9. The average Bonchev–Trinajstić information content (AvgIpc) is 2.23. The highest BCUT2D eigenvalue weighted by Crippen LogP contribution is 2.17. The number of carboxylic acids is 1. The molecule has 0 atom stereocenters. The Labute approximate surface area is 107 Å². The van der Waals surface area contributed by atoms with Crippen LogP contribution in [0.25, 0.3) is 0 Å². The molecule has 0 spiro atoms. The minimum atomic E-state index is -1.35. The number of carbonyl (C=O) groups is 2. The van der Waals surface area contributed by atoms with Crippen molar-refractivity contribution in [1.82, 2.24) is 0 Å². The molecule has 0 aromatic heterocycles. The van der Waals surface area contributed by atoms with E-state index in [1.165, 1.54) is 27.7 Å². The second kappa shape index (κ2) is 5.93. The number of hydrogen-bond donors (Lipinski definition) is 1. The molecule has 0 rings (SSSR count). The molecule has 0 fully saturated rings. The van der Waals surface area contributed by atoms with Gasteiger partial charge in [-0.2, -0.15) is 10.2 Å². The van der Waals surface area contributed by atoms with Crippen molar-refractivity contribution < 1.29 is 19.4 Å². The summed E-state index contributed by atoms with van der Waals surface area (Å²) in [4.78, 5) is 22.6. The van der Waals surface area contributed by atoms with Gasteiger partial charge in [-0.15, -0.1) is 0 Å². The fraction of sp³-hybridized carbons (Fsp3) is 0.833. The van der Waals surface area contributed by atoms with Crippen molar-refractivity contribution in [2.45, 2.75) is 52.6 Å². The molecule has 104 valence electrons. The van der Waals surface area contributed by atoms with Gasteiger partial charge in [-0.1, -0.05) is 13.8 Å². The van der Waals surface area contributed by atoms with Gasteiger partial charge in [-0.3, -0.25) is 0 Å². The highest BCUT2D eigenvalue weighted by molar-refractivity contribution is 5.80. The van der Waals surface area contributed by atoms with Crippen molar-refractivity contribution in [3.63, 3.8) is 0 Å². The van der Waals surface area contributed by atoms with Crippen LogP contribution in [-0.2, 0) is 14.3 Å². The summed E-state index contributed by atoms with van der Waals surface area (Å²) in [5.74, 6) is -1.38. The number of rotatable bonds is 6. The topological polar surface area (TPSA) is 88.3 Å². The predicted molar refractivity (Wildman–Crippen MR) is 66.4 cm³/mol. The first-order chi connectivity index (χ1) is 7.99. The van der Waals surface area contributed by atoms with Gasteiger partial charge in [-0.05, 0) is 33.6 Å². The van der Waals surface area contributed by atoms with Crippen molar-refractivity contribution in [1.29, 1.82) is 0 Å². The number of aliphatic carboxylic acids is 1. The average molecular weight is 258 g/mol. The highest BCUT2D eigenvalue weighted by atomic mass is 16.5. The Bertz CT molecular complexity index is 346. The molecule has 0 heterocycles. The summed E-state index contributed by atoms with van der Waals surface area (Å²) < 4.78 is 5.05. The maximum atomic E-state index is 11.7. The molecule has 0 bridgehead atoms. The van der Waals surface area contributed by atoms with Crippen LogP contribution in [0, 0.1) is 5.92 Å². The Morgan fingerprint density at radius 2 is 1.56 bits per heavy atom. The van der Waals surface area contributed by atoms with Crippen LogP contribution in [-0.4, -0.2) is 34.7 Å². The van der Waals surface area contributed by atoms with E-state index in [0.717, 1.165) is 0 Å². The van der Waals surface area contributed by atoms with Crippen molar-refractivity contribution in [2.24, 2.45) is 16.1 Å². The van der Waals surface area contributed by atoms with E-state index >= 15 is 0 Å². The van der Waals surface area contributed by atoms with Gasteiger partial charge in [0.05, 0.1) is 6.61 Å². The molecular formula is C12H22N2O4. The predicted octanol–water partition coefficient (Wildman–Crippen LogP) is 2.28. The first-order valence-electron chi connectivity index (χ1n) is 5.83. The zero-order valence-electron chi connectivity index (χ0n) is 11.9. The van der Waals surface area contributed by atoms with Crippen LogP contribution in [0.2, 0.25) is 0 Å². The van der Waals surface area contributed by atoms with Crippen LogP contribution in [0.15, 0.2) is 10.2 Å². The van der Waals surface area contributed by atoms with E-state index < -0.39 is 23.0 Å². The monoisotopic (exact) mass is 258 g/mol. The molecule has 0 aliphatic rings. The molecule has 0 radical (unpaired) electrons. The molecule has 0 aliphatic carbocycles. The molecule has 0 unspecified atom stereocenters. The van der Waals surface area contributed by atoms with E-state index in [4.69, 9.17) is 9.84 Å². The minimum absolute atomic E-state index is 0.233.